The SMILES string of the molecule is C1=CC2NC3C=CN=CCN3C2C=C1. The van der Waals surface area contributed by atoms with Crippen molar-refractivity contribution in [2.75, 3.05) is 6.54 Å². The van der Waals surface area contributed by atoms with Crippen molar-refractivity contribution in [3.63, 3.8) is 0 Å². The molecule has 1 aliphatic carbocycles. The zero-order valence-electron chi connectivity index (χ0n) is 7.88. The van der Waals surface area contributed by atoms with E-state index in [1.807, 2.05) is 12.4 Å². The van der Waals surface area contributed by atoms with Gasteiger partial charge in [0.05, 0.1) is 6.17 Å². The summed E-state index contributed by atoms with van der Waals surface area (Å²) in [6.07, 6.45) is 15.0. The molecule has 3 heteroatoms. The molecule has 14 heavy (non-hydrogen) atoms. The first-order chi connectivity index (χ1) is 6.95. The molecule has 3 rings (SSSR count). The van der Waals surface area contributed by atoms with Crippen molar-refractivity contribution < 1.29 is 0 Å². The third-order valence-electron chi connectivity index (χ3n) is 2.96. The normalized spacial score (nSPS) is 39.6. The smallest absolute Gasteiger partial charge is 0.0821 e. The maximum Gasteiger partial charge on any atom is 0.0821 e. The summed E-state index contributed by atoms with van der Waals surface area (Å²) in [6.45, 7) is 0.921. The minimum absolute atomic E-state index is 0.333. The second-order valence-corrected chi connectivity index (χ2v) is 3.77. The van der Waals surface area contributed by atoms with E-state index in [0.29, 0.717) is 18.2 Å². The van der Waals surface area contributed by atoms with Crippen LogP contribution >= 0.6 is 0 Å². The molecule has 2 heterocycles. The van der Waals surface area contributed by atoms with E-state index in [2.05, 4.69) is 45.6 Å². The molecule has 3 aliphatic rings. The Bertz CT molecular complexity index is 340. The maximum absolute atomic E-state index is 4.16. The van der Waals surface area contributed by atoms with Gasteiger partial charge >= 0.3 is 0 Å². The Hall–Kier alpha value is -1.19. The fourth-order valence-corrected chi connectivity index (χ4v) is 2.28. The highest BCUT2D eigenvalue weighted by molar-refractivity contribution is 5.61. The topological polar surface area (TPSA) is 27.6 Å². The molecular weight excluding hydrogens is 174 g/mol. The molecule has 1 saturated heterocycles. The van der Waals surface area contributed by atoms with Crippen LogP contribution in [0.1, 0.15) is 0 Å². The average Bonchev–Trinajstić information content (AvgIpc) is 2.42. The number of rotatable bonds is 0. The molecule has 1 N–H and O–H groups in total. The van der Waals surface area contributed by atoms with Crippen LogP contribution in [0.3, 0.4) is 0 Å². The van der Waals surface area contributed by atoms with E-state index in [4.69, 9.17) is 0 Å². The summed E-state index contributed by atoms with van der Waals surface area (Å²) in [4.78, 5) is 6.58. The van der Waals surface area contributed by atoms with Crippen LogP contribution in [0.25, 0.3) is 0 Å². The quantitative estimate of drug-likeness (QED) is 0.604. The molecule has 72 valence electrons. The van der Waals surface area contributed by atoms with Gasteiger partial charge in [0.1, 0.15) is 0 Å². The van der Waals surface area contributed by atoms with Gasteiger partial charge in [-0.2, -0.15) is 0 Å². The summed E-state index contributed by atoms with van der Waals surface area (Å²) in [6, 6.07) is 0.945. The third kappa shape index (κ3) is 1.17. The first-order valence-corrected chi connectivity index (χ1v) is 5.00. The monoisotopic (exact) mass is 187 g/mol. The Balaban J connectivity index is 1.91. The summed E-state index contributed by atoms with van der Waals surface area (Å²) in [5, 5.41) is 3.56. The minimum Gasteiger partial charge on any atom is -0.290 e. The molecule has 0 bridgehead atoms. The molecule has 3 atom stereocenters. The second kappa shape index (κ2) is 3.19. The van der Waals surface area contributed by atoms with Crippen molar-refractivity contribution >= 4 is 6.21 Å². The molecular formula is C11H13N3. The number of allylic oxidation sites excluding steroid dienone is 2. The minimum atomic E-state index is 0.333. The largest absolute Gasteiger partial charge is 0.290 e. The van der Waals surface area contributed by atoms with E-state index in [0.717, 1.165) is 6.54 Å². The summed E-state index contributed by atoms with van der Waals surface area (Å²) >= 11 is 0. The molecule has 0 amide bonds. The standard InChI is InChI=1S/C11H13N3/c1-2-4-10-9(3-1)13-11-5-6-12-7-8-14(10)11/h1-7,9-11,13H,8H2. The number of nitrogens with zero attached hydrogens (tertiary/aromatic N) is 2. The number of hydrogen-bond donors (Lipinski definition) is 1. The third-order valence-corrected chi connectivity index (χ3v) is 2.96. The molecule has 0 aromatic heterocycles. The van der Waals surface area contributed by atoms with E-state index in [1.165, 1.54) is 0 Å². The first kappa shape index (κ1) is 8.15. The van der Waals surface area contributed by atoms with E-state index < -0.39 is 0 Å². The molecule has 0 aromatic rings. The van der Waals surface area contributed by atoms with E-state index >= 15 is 0 Å². The molecule has 1 fully saturated rings. The summed E-state index contributed by atoms with van der Waals surface area (Å²) in [5.41, 5.74) is 0. The van der Waals surface area contributed by atoms with Crippen LogP contribution in [0.15, 0.2) is 41.6 Å². The van der Waals surface area contributed by atoms with Gasteiger partial charge in [0.15, 0.2) is 0 Å². The molecule has 3 unspecified atom stereocenters. The van der Waals surface area contributed by atoms with E-state index in [-0.39, 0.29) is 0 Å². The van der Waals surface area contributed by atoms with Crippen LogP contribution in [0.5, 0.6) is 0 Å². The Morgan fingerprint density at radius 2 is 2.14 bits per heavy atom. The van der Waals surface area contributed by atoms with Crippen molar-refractivity contribution in [2.45, 2.75) is 18.2 Å². The fourth-order valence-electron chi connectivity index (χ4n) is 2.28. The van der Waals surface area contributed by atoms with Gasteiger partial charge < -0.3 is 0 Å². The van der Waals surface area contributed by atoms with Gasteiger partial charge in [-0.1, -0.05) is 24.3 Å². The number of nitrogens with one attached hydrogen (secondary N) is 1. The summed E-state index contributed by atoms with van der Waals surface area (Å²) in [5.74, 6) is 0. The number of aliphatic imine (C=N–C) groups is 1. The Kier molecular flexibility index (Phi) is 1.85. The van der Waals surface area contributed by atoms with E-state index in [9.17, 15) is 0 Å². The van der Waals surface area contributed by atoms with Gasteiger partial charge in [0.25, 0.3) is 0 Å². The zero-order valence-corrected chi connectivity index (χ0v) is 7.88. The van der Waals surface area contributed by atoms with Gasteiger partial charge in [-0.05, 0) is 6.08 Å². The molecule has 0 aromatic carbocycles. The van der Waals surface area contributed by atoms with Gasteiger partial charge in [-0.25, -0.2) is 0 Å². The van der Waals surface area contributed by atoms with Crippen LogP contribution in [-0.2, 0) is 0 Å². The van der Waals surface area contributed by atoms with Crippen molar-refractivity contribution in [3.05, 3.63) is 36.6 Å². The molecule has 3 nitrogen and oxygen atoms in total. The van der Waals surface area contributed by atoms with Gasteiger partial charge in [-0.3, -0.25) is 15.2 Å². The number of hydrogen-bond acceptors (Lipinski definition) is 3. The van der Waals surface area contributed by atoms with Crippen LogP contribution in [0.4, 0.5) is 0 Å². The molecule has 0 saturated carbocycles. The average molecular weight is 187 g/mol. The molecule has 2 aliphatic heterocycles. The lowest BCUT2D eigenvalue weighted by atomic mass is 10.0. The predicted molar refractivity (Wildman–Crippen MR) is 57.1 cm³/mol. The van der Waals surface area contributed by atoms with Crippen LogP contribution in [0.2, 0.25) is 0 Å². The summed E-state index contributed by atoms with van der Waals surface area (Å²) in [7, 11) is 0. The highest BCUT2D eigenvalue weighted by Crippen LogP contribution is 2.22. The second-order valence-electron chi connectivity index (χ2n) is 3.77. The van der Waals surface area contributed by atoms with Crippen molar-refractivity contribution in [2.24, 2.45) is 4.99 Å². The lowest BCUT2D eigenvalue weighted by Crippen LogP contribution is -2.38. The first-order valence-electron chi connectivity index (χ1n) is 5.00. The predicted octanol–water partition coefficient (Wildman–Crippen LogP) is 0.679. The van der Waals surface area contributed by atoms with Crippen molar-refractivity contribution in [1.29, 1.82) is 0 Å². The van der Waals surface area contributed by atoms with Crippen LogP contribution in [0, 0.1) is 0 Å². The lowest BCUT2D eigenvalue weighted by molar-refractivity contribution is 0.280. The highest BCUT2D eigenvalue weighted by Gasteiger charge is 2.37. The molecule has 0 spiro atoms. The maximum atomic E-state index is 4.16. The van der Waals surface area contributed by atoms with Crippen molar-refractivity contribution in [3.8, 4) is 0 Å². The Morgan fingerprint density at radius 1 is 1.21 bits per heavy atom. The molecule has 0 radical (unpaired) electrons. The zero-order chi connectivity index (χ0) is 9.38. The van der Waals surface area contributed by atoms with Crippen LogP contribution < -0.4 is 5.32 Å². The highest BCUT2D eigenvalue weighted by atomic mass is 15.4. The summed E-state index contributed by atoms with van der Waals surface area (Å²) < 4.78 is 0. The fraction of sp³-hybridized carbons (Fsp3) is 0.364. The Labute approximate surface area is 83.5 Å². The van der Waals surface area contributed by atoms with Gasteiger partial charge in [0, 0.05) is 31.0 Å². The van der Waals surface area contributed by atoms with Gasteiger partial charge in [-0.15, -0.1) is 0 Å². The number of fused-ring (bicyclic) bond motifs is 3. The van der Waals surface area contributed by atoms with Gasteiger partial charge in [0.2, 0.25) is 0 Å². The van der Waals surface area contributed by atoms with Crippen molar-refractivity contribution in [1.82, 2.24) is 10.2 Å². The van der Waals surface area contributed by atoms with Crippen LogP contribution in [-0.4, -0.2) is 35.9 Å². The lowest BCUT2D eigenvalue weighted by Gasteiger charge is -2.24. The van der Waals surface area contributed by atoms with E-state index in [1.54, 1.807) is 0 Å². The Morgan fingerprint density at radius 3 is 3.14 bits per heavy atom.